The normalized spacial score (nSPS) is 12.6. The van der Waals surface area contributed by atoms with Crippen LogP contribution >= 0.6 is 23.2 Å². The Balaban J connectivity index is 3.08. The molecule has 0 saturated heterocycles. The van der Waals surface area contributed by atoms with E-state index < -0.39 is 21.1 Å². The maximum absolute atomic E-state index is 13.9. The van der Waals surface area contributed by atoms with Crippen LogP contribution in [-0.4, -0.2) is 31.7 Å². The molecule has 0 aromatic heterocycles. The van der Waals surface area contributed by atoms with Crippen molar-refractivity contribution in [2.45, 2.75) is 18.8 Å². The molecule has 0 fully saturated rings. The summed E-state index contributed by atoms with van der Waals surface area (Å²) >= 11 is 11.9. The Hall–Kier alpha value is -0.320. The molecular weight excluding hydrogens is 310 g/mol. The standard InChI is InChI=1S/C13H17Cl2FO2S/c1-2-19(17,18)8-7-13(9-14,10-15)11-5-3-4-6-12(11)16/h3-6H,2,7-10H2,1H3. The molecule has 1 rings (SSSR count). The third-order valence-corrected chi connectivity index (χ3v) is 6.02. The molecule has 0 aliphatic heterocycles. The van der Waals surface area contributed by atoms with Gasteiger partial charge < -0.3 is 0 Å². The van der Waals surface area contributed by atoms with Crippen LogP contribution in [0.4, 0.5) is 4.39 Å². The van der Waals surface area contributed by atoms with Crippen LogP contribution in [0.15, 0.2) is 24.3 Å². The molecule has 0 N–H and O–H groups in total. The molecule has 0 atom stereocenters. The molecule has 0 aliphatic rings. The lowest BCUT2D eigenvalue weighted by Crippen LogP contribution is -2.34. The molecule has 0 unspecified atom stereocenters. The van der Waals surface area contributed by atoms with E-state index in [1.54, 1.807) is 25.1 Å². The van der Waals surface area contributed by atoms with Crippen LogP contribution in [0.5, 0.6) is 0 Å². The van der Waals surface area contributed by atoms with E-state index in [-0.39, 0.29) is 29.7 Å². The van der Waals surface area contributed by atoms with Gasteiger partial charge >= 0.3 is 0 Å². The SMILES string of the molecule is CCS(=O)(=O)CCC(CCl)(CCl)c1ccccc1F. The number of halogens is 3. The number of hydrogen-bond donors (Lipinski definition) is 0. The summed E-state index contributed by atoms with van der Waals surface area (Å²) < 4.78 is 37.1. The number of alkyl halides is 2. The highest BCUT2D eigenvalue weighted by Crippen LogP contribution is 2.33. The number of hydrogen-bond acceptors (Lipinski definition) is 2. The predicted octanol–water partition coefficient (Wildman–Crippen LogP) is 3.37. The Bertz CT molecular complexity index is 513. The summed E-state index contributed by atoms with van der Waals surface area (Å²) in [6, 6.07) is 6.21. The fourth-order valence-electron chi connectivity index (χ4n) is 1.83. The quantitative estimate of drug-likeness (QED) is 0.720. The van der Waals surface area contributed by atoms with E-state index in [1.165, 1.54) is 6.07 Å². The fourth-order valence-corrected chi connectivity index (χ4v) is 3.67. The van der Waals surface area contributed by atoms with Crippen molar-refractivity contribution < 1.29 is 12.8 Å². The molecule has 0 aliphatic carbocycles. The number of sulfone groups is 1. The second kappa shape index (κ2) is 6.91. The Morgan fingerprint density at radius 2 is 1.79 bits per heavy atom. The highest BCUT2D eigenvalue weighted by molar-refractivity contribution is 7.91. The monoisotopic (exact) mass is 326 g/mol. The minimum Gasteiger partial charge on any atom is -0.229 e. The highest BCUT2D eigenvalue weighted by atomic mass is 35.5. The van der Waals surface area contributed by atoms with E-state index in [0.29, 0.717) is 5.56 Å². The predicted molar refractivity (Wildman–Crippen MR) is 78.5 cm³/mol. The van der Waals surface area contributed by atoms with Gasteiger partial charge in [0.05, 0.1) is 5.75 Å². The number of benzene rings is 1. The summed E-state index contributed by atoms with van der Waals surface area (Å²) in [7, 11) is -3.13. The first-order valence-corrected chi connectivity index (χ1v) is 8.87. The zero-order valence-corrected chi connectivity index (χ0v) is 13.0. The van der Waals surface area contributed by atoms with E-state index in [9.17, 15) is 12.8 Å². The van der Waals surface area contributed by atoms with Gasteiger partial charge in [-0.15, -0.1) is 23.2 Å². The summed E-state index contributed by atoms with van der Waals surface area (Å²) in [6.07, 6.45) is 0.219. The lowest BCUT2D eigenvalue weighted by molar-refractivity contribution is 0.476. The van der Waals surface area contributed by atoms with Crippen molar-refractivity contribution in [3.05, 3.63) is 35.6 Å². The lowest BCUT2D eigenvalue weighted by Gasteiger charge is -2.30. The van der Waals surface area contributed by atoms with Crippen LogP contribution in [0, 0.1) is 5.82 Å². The summed E-state index contributed by atoms with van der Waals surface area (Å²) in [5, 5.41) is 0. The second-order valence-electron chi connectivity index (χ2n) is 4.51. The molecule has 0 bridgehead atoms. The first-order chi connectivity index (χ1) is 8.90. The Morgan fingerprint density at radius 3 is 2.26 bits per heavy atom. The second-order valence-corrected chi connectivity index (χ2v) is 7.52. The van der Waals surface area contributed by atoms with E-state index in [1.807, 2.05) is 0 Å². The van der Waals surface area contributed by atoms with Crippen molar-refractivity contribution in [3.8, 4) is 0 Å². The van der Waals surface area contributed by atoms with Crippen molar-refractivity contribution in [2.24, 2.45) is 0 Å². The first kappa shape index (κ1) is 16.7. The zero-order valence-electron chi connectivity index (χ0n) is 10.7. The molecule has 0 amide bonds. The van der Waals surface area contributed by atoms with Gasteiger partial charge in [0.2, 0.25) is 0 Å². The van der Waals surface area contributed by atoms with Gasteiger partial charge in [-0.2, -0.15) is 0 Å². The minimum atomic E-state index is -3.13. The Kier molecular flexibility index (Phi) is 6.09. The summed E-state index contributed by atoms with van der Waals surface area (Å²) in [5.74, 6) is -0.229. The zero-order chi connectivity index (χ0) is 14.5. The Labute approximate surface area is 123 Å². The molecule has 6 heteroatoms. The fraction of sp³-hybridized carbons (Fsp3) is 0.538. The molecule has 0 saturated carbocycles. The van der Waals surface area contributed by atoms with Crippen molar-refractivity contribution in [1.29, 1.82) is 0 Å². The van der Waals surface area contributed by atoms with Crippen LogP contribution in [0.2, 0.25) is 0 Å². The van der Waals surface area contributed by atoms with Crippen molar-refractivity contribution in [2.75, 3.05) is 23.3 Å². The highest BCUT2D eigenvalue weighted by Gasteiger charge is 2.34. The van der Waals surface area contributed by atoms with E-state index in [0.717, 1.165) is 0 Å². The smallest absolute Gasteiger partial charge is 0.150 e. The van der Waals surface area contributed by atoms with Crippen LogP contribution in [-0.2, 0) is 15.3 Å². The maximum atomic E-state index is 13.9. The largest absolute Gasteiger partial charge is 0.229 e. The van der Waals surface area contributed by atoms with E-state index in [4.69, 9.17) is 23.2 Å². The minimum absolute atomic E-state index is 0.0444. The van der Waals surface area contributed by atoms with Gasteiger partial charge in [0.25, 0.3) is 0 Å². The molecule has 1 aromatic rings. The van der Waals surface area contributed by atoms with Crippen LogP contribution < -0.4 is 0 Å². The maximum Gasteiger partial charge on any atom is 0.150 e. The molecule has 2 nitrogen and oxygen atoms in total. The summed E-state index contributed by atoms with van der Waals surface area (Å²) in [5.41, 5.74) is -0.470. The summed E-state index contributed by atoms with van der Waals surface area (Å²) in [4.78, 5) is 0. The third kappa shape index (κ3) is 4.07. The van der Waals surface area contributed by atoms with Gasteiger partial charge in [0.15, 0.2) is 0 Å². The molecule has 108 valence electrons. The molecule has 0 spiro atoms. The van der Waals surface area contributed by atoms with Crippen LogP contribution in [0.3, 0.4) is 0 Å². The van der Waals surface area contributed by atoms with E-state index in [2.05, 4.69) is 0 Å². The molecule has 0 radical (unpaired) electrons. The van der Waals surface area contributed by atoms with Crippen molar-refractivity contribution >= 4 is 33.0 Å². The average Bonchev–Trinajstić information content (AvgIpc) is 2.42. The molecule has 19 heavy (non-hydrogen) atoms. The molecular formula is C13H17Cl2FO2S. The van der Waals surface area contributed by atoms with Crippen LogP contribution in [0.1, 0.15) is 18.9 Å². The average molecular weight is 327 g/mol. The van der Waals surface area contributed by atoms with Gasteiger partial charge in [-0.3, -0.25) is 0 Å². The van der Waals surface area contributed by atoms with Gasteiger partial charge in [-0.05, 0) is 18.1 Å². The van der Waals surface area contributed by atoms with Gasteiger partial charge in [-0.1, -0.05) is 25.1 Å². The first-order valence-electron chi connectivity index (χ1n) is 5.98. The lowest BCUT2D eigenvalue weighted by atomic mass is 9.81. The van der Waals surface area contributed by atoms with Crippen molar-refractivity contribution in [1.82, 2.24) is 0 Å². The molecule has 0 heterocycles. The van der Waals surface area contributed by atoms with E-state index >= 15 is 0 Å². The molecule has 1 aromatic carbocycles. The van der Waals surface area contributed by atoms with Gasteiger partial charge in [0, 0.05) is 22.9 Å². The number of rotatable bonds is 7. The van der Waals surface area contributed by atoms with Crippen LogP contribution in [0.25, 0.3) is 0 Å². The third-order valence-electron chi connectivity index (χ3n) is 3.29. The van der Waals surface area contributed by atoms with Gasteiger partial charge in [-0.25, -0.2) is 12.8 Å². The van der Waals surface area contributed by atoms with Crippen molar-refractivity contribution in [3.63, 3.8) is 0 Å². The Morgan fingerprint density at radius 1 is 1.21 bits per heavy atom. The summed E-state index contributed by atoms with van der Waals surface area (Å²) in [6.45, 7) is 1.58. The topological polar surface area (TPSA) is 34.1 Å². The van der Waals surface area contributed by atoms with Gasteiger partial charge in [0.1, 0.15) is 15.7 Å².